The van der Waals surface area contributed by atoms with E-state index < -0.39 is 0 Å². The SMILES string of the molecule is C=CCCCCCC(=O)CCC(=O)C=[N+]=[N-]. The van der Waals surface area contributed by atoms with Crippen LogP contribution in [0.15, 0.2) is 12.7 Å². The van der Waals surface area contributed by atoms with Crippen LogP contribution < -0.4 is 0 Å². The molecule has 0 N–H and O–H groups in total. The average molecular weight is 222 g/mol. The molecule has 0 unspecified atom stereocenters. The lowest BCUT2D eigenvalue weighted by Gasteiger charge is -1.98. The number of carbonyl (C=O) groups excluding carboxylic acids is 2. The van der Waals surface area contributed by atoms with Gasteiger partial charge in [0.15, 0.2) is 0 Å². The standard InChI is InChI=1S/C12H18N2O2/c1-2-3-4-5-6-7-11(15)8-9-12(16)10-14-13/h2,10H,1,3-9H2. The molecule has 0 aliphatic rings. The lowest BCUT2D eigenvalue weighted by Crippen LogP contribution is -2.05. The van der Waals surface area contributed by atoms with Gasteiger partial charge < -0.3 is 5.53 Å². The number of carbonyl (C=O) groups is 2. The van der Waals surface area contributed by atoms with E-state index >= 15 is 0 Å². The number of rotatable bonds is 10. The summed E-state index contributed by atoms with van der Waals surface area (Å²) in [6.45, 7) is 3.62. The van der Waals surface area contributed by atoms with Crippen molar-refractivity contribution in [3.8, 4) is 0 Å². The van der Waals surface area contributed by atoms with E-state index in [-0.39, 0.29) is 24.4 Å². The van der Waals surface area contributed by atoms with Gasteiger partial charge in [0.1, 0.15) is 5.78 Å². The minimum atomic E-state index is -0.317. The Balaban J connectivity index is 3.48. The fourth-order valence-corrected chi connectivity index (χ4v) is 1.30. The summed E-state index contributed by atoms with van der Waals surface area (Å²) in [5.41, 5.74) is 8.08. The first-order chi connectivity index (χ1) is 7.70. The van der Waals surface area contributed by atoms with Gasteiger partial charge in [0.25, 0.3) is 0 Å². The molecule has 0 fully saturated rings. The Labute approximate surface area is 96.0 Å². The molecule has 16 heavy (non-hydrogen) atoms. The molecule has 0 aliphatic carbocycles. The number of hydrogen-bond donors (Lipinski definition) is 0. The second kappa shape index (κ2) is 9.99. The highest BCUT2D eigenvalue weighted by atomic mass is 16.1. The van der Waals surface area contributed by atoms with Crippen LogP contribution in [0.3, 0.4) is 0 Å². The zero-order valence-electron chi connectivity index (χ0n) is 9.52. The molecule has 0 saturated heterocycles. The minimum absolute atomic E-state index is 0.0956. The van der Waals surface area contributed by atoms with Gasteiger partial charge in [-0.2, -0.15) is 4.79 Å². The van der Waals surface area contributed by atoms with E-state index in [1.54, 1.807) is 0 Å². The Morgan fingerprint density at radius 3 is 2.50 bits per heavy atom. The van der Waals surface area contributed by atoms with Crippen molar-refractivity contribution in [2.45, 2.75) is 44.9 Å². The first kappa shape index (κ1) is 14.5. The van der Waals surface area contributed by atoms with Crippen LogP contribution in [-0.2, 0) is 9.59 Å². The van der Waals surface area contributed by atoms with Crippen LogP contribution in [0.2, 0.25) is 0 Å². The van der Waals surface area contributed by atoms with Crippen LogP contribution in [-0.4, -0.2) is 22.6 Å². The molecule has 0 radical (unpaired) electrons. The van der Waals surface area contributed by atoms with Gasteiger partial charge in [-0.15, -0.1) is 6.58 Å². The molecule has 0 amide bonds. The van der Waals surface area contributed by atoms with Gasteiger partial charge in [-0.1, -0.05) is 12.5 Å². The lowest BCUT2D eigenvalue weighted by atomic mass is 10.1. The Morgan fingerprint density at radius 1 is 1.12 bits per heavy atom. The second-order valence-electron chi connectivity index (χ2n) is 3.64. The molecule has 4 heteroatoms. The van der Waals surface area contributed by atoms with E-state index in [9.17, 15) is 9.59 Å². The normalized spacial score (nSPS) is 9.25. The lowest BCUT2D eigenvalue weighted by molar-refractivity contribution is -0.122. The highest BCUT2D eigenvalue weighted by molar-refractivity contribution is 6.25. The summed E-state index contributed by atoms with van der Waals surface area (Å²) in [5, 5.41) is 0. The van der Waals surface area contributed by atoms with E-state index in [0.717, 1.165) is 31.9 Å². The van der Waals surface area contributed by atoms with E-state index in [0.29, 0.717) is 6.42 Å². The van der Waals surface area contributed by atoms with Crippen molar-refractivity contribution in [1.82, 2.24) is 0 Å². The molecular weight excluding hydrogens is 204 g/mol. The van der Waals surface area contributed by atoms with Gasteiger partial charge in [-0.05, 0) is 19.3 Å². The third-order valence-electron chi connectivity index (χ3n) is 2.22. The molecule has 0 saturated carbocycles. The fraction of sp³-hybridized carbons (Fsp3) is 0.583. The van der Waals surface area contributed by atoms with Crippen molar-refractivity contribution >= 4 is 17.8 Å². The Kier molecular flexibility index (Phi) is 9.03. The van der Waals surface area contributed by atoms with Crippen LogP contribution in [0.1, 0.15) is 44.9 Å². The summed E-state index contributed by atoms with van der Waals surface area (Å²) in [6.07, 6.45) is 7.54. The van der Waals surface area contributed by atoms with E-state index in [1.165, 1.54) is 0 Å². The van der Waals surface area contributed by atoms with Gasteiger partial charge in [0.05, 0.1) is 0 Å². The summed E-state index contributed by atoms with van der Waals surface area (Å²) in [5.74, 6) is -0.221. The zero-order valence-corrected chi connectivity index (χ0v) is 9.52. The van der Waals surface area contributed by atoms with E-state index in [2.05, 4.69) is 11.4 Å². The monoisotopic (exact) mass is 222 g/mol. The highest BCUT2D eigenvalue weighted by Crippen LogP contribution is 2.06. The molecule has 0 bridgehead atoms. The van der Waals surface area contributed by atoms with Crippen LogP contribution in [0, 0.1) is 0 Å². The third-order valence-corrected chi connectivity index (χ3v) is 2.22. The Bertz CT molecular complexity index is 291. The maximum absolute atomic E-state index is 11.3. The topological polar surface area (TPSA) is 70.5 Å². The zero-order chi connectivity index (χ0) is 12.2. The fourth-order valence-electron chi connectivity index (χ4n) is 1.30. The van der Waals surface area contributed by atoms with E-state index in [4.69, 9.17) is 5.53 Å². The third kappa shape index (κ3) is 9.03. The second-order valence-corrected chi connectivity index (χ2v) is 3.64. The van der Waals surface area contributed by atoms with Crippen molar-refractivity contribution in [3.05, 3.63) is 18.2 Å². The van der Waals surface area contributed by atoms with Gasteiger partial charge in [-0.3, -0.25) is 9.59 Å². The molecule has 0 aromatic carbocycles. The van der Waals surface area contributed by atoms with Gasteiger partial charge in [0.2, 0.25) is 5.78 Å². The quantitative estimate of drug-likeness (QED) is 0.187. The van der Waals surface area contributed by atoms with Crippen molar-refractivity contribution in [1.29, 1.82) is 0 Å². The average Bonchev–Trinajstić information content (AvgIpc) is 2.26. The molecular formula is C12H18N2O2. The summed E-state index contributed by atoms with van der Waals surface area (Å²) in [6, 6.07) is 0. The summed E-state index contributed by atoms with van der Waals surface area (Å²) >= 11 is 0. The van der Waals surface area contributed by atoms with Crippen LogP contribution in [0.5, 0.6) is 0 Å². The first-order valence-corrected chi connectivity index (χ1v) is 5.53. The molecule has 4 nitrogen and oxygen atoms in total. The van der Waals surface area contributed by atoms with E-state index in [1.807, 2.05) is 6.08 Å². The predicted octanol–water partition coefficient (Wildman–Crippen LogP) is 2.34. The van der Waals surface area contributed by atoms with Gasteiger partial charge in [-0.25, -0.2) is 0 Å². The van der Waals surface area contributed by atoms with Crippen molar-refractivity contribution in [3.63, 3.8) is 0 Å². The summed E-state index contributed by atoms with van der Waals surface area (Å²) in [4.78, 5) is 24.8. The highest BCUT2D eigenvalue weighted by Gasteiger charge is 2.07. The van der Waals surface area contributed by atoms with Crippen LogP contribution in [0.4, 0.5) is 0 Å². The van der Waals surface area contributed by atoms with Crippen LogP contribution in [0.25, 0.3) is 5.53 Å². The largest absolute Gasteiger partial charge is 0.361 e. The Morgan fingerprint density at radius 2 is 1.88 bits per heavy atom. The number of Topliss-reactive ketones (excluding diaryl/α,β-unsaturated/α-hetero) is 2. The Hall–Kier alpha value is -1.54. The molecule has 0 rings (SSSR count). The maximum Gasteiger partial charge on any atom is 0.323 e. The smallest absolute Gasteiger partial charge is 0.323 e. The number of hydrogen-bond acceptors (Lipinski definition) is 2. The molecule has 0 aromatic rings. The summed E-state index contributed by atoms with van der Waals surface area (Å²) in [7, 11) is 0. The number of allylic oxidation sites excluding steroid dienone is 1. The van der Waals surface area contributed by atoms with Crippen molar-refractivity contribution in [2.24, 2.45) is 0 Å². The maximum atomic E-state index is 11.3. The molecule has 0 aromatic heterocycles. The molecule has 0 atom stereocenters. The molecule has 88 valence electrons. The molecule has 0 aliphatic heterocycles. The minimum Gasteiger partial charge on any atom is -0.361 e. The van der Waals surface area contributed by atoms with Crippen LogP contribution >= 0.6 is 0 Å². The number of ketones is 2. The molecule has 0 heterocycles. The number of unbranched alkanes of at least 4 members (excludes halogenated alkanes) is 3. The van der Waals surface area contributed by atoms with Gasteiger partial charge >= 0.3 is 6.21 Å². The van der Waals surface area contributed by atoms with Gasteiger partial charge in [0, 0.05) is 19.3 Å². The first-order valence-electron chi connectivity index (χ1n) is 5.53. The number of nitrogens with zero attached hydrogens (tertiary/aromatic N) is 2. The summed E-state index contributed by atoms with van der Waals surface area (Å²) < 4.78 is 0. The van der Waals surface area contributed by atoms with Crippen molar-refractivity contribution < 1.29 is 14.4 Å². The predicted molar refractivity (Wildman–Crippen MR) is 62.2 cm³/mol. The van der Waals surface area contributed by atoms with Crippen molar-refractivity contribution in [2.75, 3.05) is 0 Å². The molecule has 0 spiro atoms.